The highest BCUT2D eigenvalue weighted by molar-refractivity contribution is 5.83. The van der Waals surface area contributed by atoms with Crippen LogP contribution in [0.1, 0.15) is 23.0 Å². The van der Waals surface area contributed by atoms with Crippen LogP contribution in [0.4, 0.5) is 0 Å². The van der Waals surface area contributed by atoms with Gasteiger partial charge in [-0.15, -0.1) is 0 Å². The summed E-state index contributed by atoms with van der Waals surface area (Å²) in [5.74, 6) is 0.0514. The third-order valence-electron chi connectivity index (χ3n) is 1.42. The lowest BCUT2D eigenvalue weighted by atomic mass is 10.2. The second-order valence-electron chi connectivity index (χ2n) is 2.41. The van der Waals surface area contributed by atoms with Crippen LogP contribution in [0, 0.1) is 0 Å². The summed E-state index contributed by atoms with van der Waals surface area (Å²) in [5.41, 5.74) is 1.27. The van der Waals surface area contributed by atoms with E-state index in [1.165, 1.54) is 6.92 Å². The van der Waals surface area contributed by atoms with Gasteiger partial charge < -0.3 is 4.98 Å². The predicted octanol–water partition coefficient (Wildman–Crippen LogP) is 0.959. The van der Waals surface area contributed by atoms with Crippen LogP contribution in [0.5, 0.6) is 0 Å². The van der Waals surface area contributed by atoms with Gasteiger partial charge in [0.25, 0.3) is 0 Å². The van der Waals surface area contributed by atoms with E-state index in [1.807, 2.05) is 0 Å². The molecule has 0 fully saturated rings. The largest absolute Gasteiger partial charge is 0.364 e. The topological polar surface area (TPSA) is 49.9 Å². The van der Waals surface area contributed by atoms with Crippen LogP contribution in [-0.4, -0.2) is 17.1 Å². The first-order chi connectivity index (χ1) is 5.24. The summed E-state index contributed by atoms with van der Waals surface area (Å²) in [6.07, 6.45) is 2.71. The second-order valence-corrected chi connectivity index (χ2v) is 2.41. The van der Waals surface area contributed by atoms with Gasteiger partial charge in [0.05, 0.1) is 0 Å². The zero-order chi connectivity index (χ0) is 8.27. The molecule has 0 aliphatic rings. The molecule has 0 radical (unpaired) electrons. The average molecular weight is 151 g/mol. The van der Waals surface area contributed by atoms with Crippen molar-refractivity contribution in [1.82, 2.24) is 4.98 Å². The zero-order valence-corrected chi connectivity index (χ0v) is 6.26. The summed E-state index contributed by atoms with van der Waals surface area (Å²) in [5, 5.41) is 0. The number of ketones is 1. The van der Waals surface area contributed by atoms with Crippen molar-refractivity contribution < 1.29 is 9.59 Å². The Morgan fingerprint density at radius 1 is 1.73 bits per heavy atom. The normalized spacial score (nSPS) is 9.55. The summed E-state index contributed by atoms with van der Waals surface area (Å²) >= 11 is 0. The summed E-state index contributed by atoms with van der Waals surface area (Å²) in [4.78, 5) is 23.8. The Morgan fingerprint density at radius 3 is 3.00 bits per heavy atom. The minimum Gasteiger partial charge on any atom is -0.364 e. The first-order valence-electron chi connectivity index (χ1n) is 3.35. The molecule has 0 spiro atoms. The average Bonchev–Trinajstić information content (AvgIpc) is 2.34. The molecule has 0 aliphatic carbocycles. The Morgan fingerprint density at radius 2 is 2.45 bits per heavy atom. The van der Waals surface area contributed by atoms with Gasteiger partial charge in [0.2, 0.25) is 0 Å². The highest BCUT2D eigenvalue weighted by Crippen LogP contribution is 2.04. The van der Waals surface area contributed by atoms with E-state index in [0.29, 0.717) is 17.7 Å². The van der Waals surface area contributed by atoms with Gasteiger partial charge >= 0.3 is 0 Å². The van der Waals surface area contributed by atoms with E-state index < -0.39 is 0 Å². The molecule has 0 aromatic carbocycles. The van der Waals surface area contributed by atoms with E-state index in [-0.39, 0.29) is 5.78 Å². The van der Waals surface area contributed by atoms with Gasteiger partial charge in [-0.2, -0.15) is 0 Å². The smallest absolute Gasteiger partial charge is 0.151 e. The molecule has 1 rings (SSSR count). The maximum Gasteiger partial charge on any atom is 0.151 e. The monoisotopic (exact) mass is 151 g/mol. The Hall–Kier alpha value is -1.38. The fraction of sp³-hybridized carbons (Fsp3) is 0.250. The molecule has 0 amide bonds. The van der Waals surface area contributed by atoms with Gasteiger partial charge in [-0.1, -0.05) is 0 Å². The van der Waals surface area contributed by atoms with Crippen LogP contribution < -0.4 is 0 Å². The molecular formula is C8H9NO2. The van der Waals surface area contributed by atoms with E-state index >= 15 is 0 Å². The first kappa shape index (κ1) is 7.72. The summed E-state index contributed by atoms with van der Waals surface area (Å²) in [7, 11) is 0. The predicted molar refractivity (Wildman–Crippen MR) is 40.6 cm³/mol. The number of hydrogen-bond donors (Lipinski definition) is 1. The van der Waals surface area contributed by atoms with Crippen LogP contribution in [0.2, 0.25) is 0 Å². The van der Waals surface area contributed by atoms with Crippen molar-refractivity contribution in [2.45, 2.75) is 13.3 Å². The molecule has 1 aromatic rings. The molecule has 0 saturated heterocycles. The van der Waals surface area contributed by atoms with Crippen molar-refractivity contribution in [2.24, 2.45) is 0 Å². The number of nitrogens with one attached hydrogen (secondary N) is 1. The molecule has 1 N–H and O–H groups in total. The lowest BCUT2D eigenvalue weighted by Crippen LogP contribution is -1.99. The molecule has 58 valence electrons. The van der Waals surface area contributed by atoms with Crippen LogP contribution in [0.25, 0.3) is 0 Å². The minimum absolute atomic E-state index is 0.0514. The third-order valence-corrected chi connectivity index (χ3v) is 1.42. The minimum atomic E-state index is 0.0514. The number of H-pyrrole nitrogens is 1. The Bertz CT molecular complexity index is 275. The molecule has 0 aliphatic heterocycles. The molecule has 1 heterocycles. The van der Waals surface area contributed by atoms with E-state index in [9.17, 15) is 9.59 Å². The lowest BCUT2D eigenvalue weighted by Gasteiger charge is -1.92. The van der Waals surface area contributed by atoms with E-state index in [4.69, 9.17) is 0 Å². The summed E-state index contributed by atoms with van der Waals surface area (Å²) in [6.45, 7) is 1.50. The van der Waals surface area contributed by atoms with Gasteiger partial charge in [-0.25, -0.2) is 0 Å². The molecule has 1 aromatic heterocycles. The maximum atomic E-state index is 10.6. The summed E-state index contributed by atoms with van der Waals surface area (Å²) in [6, 6.07) is 1.66. The number of aldehydes is 1. The third kappa shape index (κ3) is 1.77. The molecule has 0 bridgehead atoms. The first-order valence-corrected chi connectivity index (χ1v) is 3.35. The molecule has 0 atom stereocenters. The quantitative estimate of drug-likeness (QED) is 0.654. The van der Waals surface area contributed by atoms with Gasteiger partial charge in [-0.3, -0.25) is 9.59 Å². The number of hydrogen-bond acceptors (Lipinski definition) is 2. The Kier molecular flexibility index (Phi) is 2.21. The standard InChI is InChI=1S/C8H9NO2/c1-6(11)4-8-7(5-10)2-3-9-8/h2-3,5,9H,4H2,1H3. The molecular weight excluding hydrogens is 142 g/mol. The van der Waals surface area contributed by atoms with Crippen LogP contribution in [0.15, 0.2) is 12.3 Å². The van der Waals surface area contributed by atoms with Crippen molar-refractivity contribution in [3.63, 3.8) is 0 Å². The van der Waals surface area contributed by atoms with Crippen molar-refractivity contribution >= 4 is 12.1 Å². The van der Waals surface area contributed by atoms with Gasteiger partial charge in [-0.05, 0) is 13.0 Å². The SMILES string of the molecule is CC(=O)Cc1[nH]ccc1C=O. The molecule has 3 heteroatoms. The Labute approximate surface area is 64.4 Å². The second kappa shape index (κ2) is 3.14. The van der Waals surface area contributed by atoms with Gasteiger partial charge in [0.15, 0.2) is 6.29 Å². The van der Waals surface area contributed by atoms with Crippen molar-refractivity contribution in [1.29, 1.82) is 0 Å². The lowest BCUT2D eigenvalue weighted by molar-refractivity contribution is -0.116. The fourth-order valence-electron chi connectivity index (χ4n) is 0.928. The van der Waals surface area contributed by atoms with Crippen molar-refractivity contribution in [3.8, 4) is 0 Å². The van der Waals surface area contributed by atoms with E-state index in [2.05, 4.69) is 4.98 Å². The molecule has 0 unspecified atom stereocenters. The maximum absolute atomic E-state index is 10.6. The van der Waals surface area contributed by atoms with Crippen molar-refractivity contribution in [2.75, 3.05) is 0 Å². The molecule has 0 saturated carbocycles. The number of aromatic amines is 1. The zero-order valence-electron chi connectivity index (χ0n) is 6.26. The molecule has 3 nitrogen and oxygen atoms in total. The number of carbonyl (C=O) groups excluding carboxylic acids is 2. The number of Topliss-reactive ketones (excluding diaryl/α,β-unsaturated/α-hetero) is 1. The number of carbonyl (C=O) groups is 2. The van der Waals surface area contributed by atoms with Crippen LogP contribution >= 0.6 is 0 Å². The summed E-state index contributed by atoms with van der Waals surface area (Å²) < 4.78 is 0. The van der Waals surface area contributed by atoms with E-state index in [1.54, 1.807) is 12.3 Å². The van der Waals surface area contributed by atoms with Crippen LogP contribution in [-0.2, 0) is 11.2 Å². The van der Waals surface area contributed by atoms with Crippen LogP contribution in [0.3, 0.4) is 0 Å². The highest BCUT2D eigenvalue weighted by atomic mass is 16.1. The fourth-order valence-corrected chi connectivity index (χ4v) is 0.928. The number of aromatic nitrogens is 1. The van der Waals surface area contributed by atoms with E-state index in [0.717, 1.165) is 6.29 Å². The van der Waals surface area contributed by atoms with Gasteiger partial charge in [0.1, 0.15) is 5.78 Å². The van der Waals surface area contributed by atoms with Crippen molar-refractivity contribution in [3.05, 3.63) is 23.5 Å². The highest BCUT2D eigenvalue weighted by Gasteiger charge is 2.03. The Balaban J connectivity index is 2.84. The number of rotatable bonds is 3. The molecule has 11 heavy (non-hydrogen) atoms. The van der Waals surface area contributed by atoms with Gasteiger partial charge in [0, 0.05) is 23.9 Å².